The van der Waals surface area contributed by atoms with Gasteiger partial charge in [-0.3, -0.25) is 0 Å². The van der Waals surface area contributed by atoms with Gasteiger partial charge in [-0.05, 0) is 37.3 Å². The molecule has 1 aromatic heterocycles. The normalized spacial score (nSPS) is 17.3. The Morgan fingerprint density at radius 1 is 1.25 bits per heavy atom. The number of nitrogens with zero attached hydrogens (tertiary/aromatic N) is 4. The van der Waals surface area contributed by atoms with E-state index in [1.54, 1.807) is 11.0 Å². The predicted molar refractivity (Wildman–Crippen MR) is 114 cm³/mol. The fourth-order valence-corrected chi connectivity index (χ4v) is 4.14. The van der Waals surface area contributed by atoms with Crippen LogP contribution < -0.4 is 5.73 Å². The molecule has 2 heterocycles. The molecule has 1 aliphatic heterocycles. The lowest BCUT2D eigenvalue weighted by Crippen LogP contribution is -2.36. The molecule has 0 radical (unpaired) electrons. The maximum atomic E-state index is 13.7. The number of likely N-dealkylation sites (tertiary alicyclic amines) is 1. The first kappa shape index (κ1) is 23.9. The minimum Gasteiger partial charge on any atom is -0.408 e. The smallest absolute Gasteiger partial charge is 0.408 e. The van der Waals surface area contributed by atoms with Crippen molar-refractivity contribution in [1.82, 2.24) is 15.0 Å². The molecule has 1 saturated heterocycles. The topological polar surface area (TPSA) is 101 Å². The number of hydrogen-bond donors (Lipinski definition) is 2. The summed E-state index contributed by atoms with van der Waals surface area (Å²) in [5, 5.41) is 15.8. The van der Waals surface area contributed by atoms with Crippen molar-refractivity contribution in [2.24, 2.45) is 10.9 Å². The van der Waals surface area contributed by atoms with E-state index in [9.17, 15) is 13.2 Å². The molecule has 0 aliphatic carbocycles. The van der Waals surface area contributed by atoms with Crippen LogP contribution in [0.2, 0.25) is 0 Å². The third-order valence-electron chi connectivity index (χ3n) is 5.85. The number of halogens is 3. The summed E-state index contributed by atoms with van der Waals surface area (Å²) >= 11 is 0. The summed E-state index contributed by atoms with van der Waals surface area (Å²) in [6, 6.07) is 3.84. The van der Waals surface area contributed by atoms with Gasteiger partial charge in [0, 0.05) is 12.1 Å². The number of aryl methyl sites for hydroxylation is 1. The van der Waals surface area contributed by atoms with E-state index >= 15 is 0 Å². The van der Waals surface area contributed by atoms with Gasteiger partial charge in [0.05, 0.1) is 5.56 Å². The largest absolute Gasteiger partial charge is 0.416 e. The Morgan fingerprint density at radius 3 is 2.72 bits per heavy atom. The van der Waals surface area contributed by atoms with Gasteiger partial charge in [-0.15, -0.1) is 0 Å². The Bertz CT molecular complexity index is 913. The first-order valence-corrected chi connectivity index (χ1v) is 11.1. The number of oxime groups is 1. The number of benzene rings is 1. The molecule has 3 rings (SSSR count). The Hall–Kier alpha value is -2.78. The Morgan fingerprint density at radius 2 is 2.00 bits per heavy atom. The summed E-state index contributed by atoms with van der Waals surface area (Å²) in [6.07, 6.45) is 3.47. The first-order valence-electron chi connectivity index (χ1n) is 11.1. The summed E-state index contributed by atoms with van der Waals surface area (Å²) in [6.45, 7) is 2.69. The maximum Gasteiger partial charge on any atom is 0.416 e. The van der Waals surface area contributed by atoms with Gasteiger partial charge >= 0.3 is 6.18 Å². The van der Waals surface area contributed by atoms with Crippen LogP contribution in [0.15, 0.2) is 27.9 Å². The minimum absolute atomic E-state index is 0.0642. The number of alkyl halides is 3. The van der Waals surface area contributed by atoms with E-state index in [0.717, 1.165) is 51.0 Å². The highest BCUT2D eigenvalue weighted by atomic mass is 19.4. The van der Waals surface area contributed by atoms with Crippen LogP contribution in [0.5, 0.6) is 0 Å². The molecule has 1 fully saturated rings. The highest BCUT2D eigenvalue weighted by molar-refractivity contribution is 5.78. The van der Waals surface area contributed by atoms with Gasteiger partial charge in [0.25, 0.3) is 0 Å². The third-order valence-corrected chi connectivity index (χ3v) is 5.85. The second-order valence-electron chi connectivity index (χ2n) is 8.15. The molecule has 0 amide bonds. The number of rotatable bonds is 9. The zero-order valence-electron chi connectivity index (χ0n) is 18.2. The van der Waals surface area contributed by atoms with Crippen LogP contribution in [0.3, 0.4) is 0 Å². The molecule has 0 unspecified atom stereocenters. The van der Waals surface area contributed by atoms with E-state index in [-0.39, 0.29) is 34.8 Å². The van der Waals surface area contributed by atoms with E-state index in [0.29, 0.717) is 19.4 Å². The van der Waals surface area contributed by atoms with E-state index in [2.05, 4.69) is 22.2 Å². The van der Waals surface area contributed by atoms with Crippen molar-refractivity contribution in [3.8, 4) is 11.4 Å². The summed E-state index contributed by atoms with van der Waals surface area (Å²) in [5.74, 6) is 0.252. The summed E-state index contributed by atoms with van der Waals surface area (Å²) in [4.78, 5) is 5.93. The molecular formula is C22H30F3N5O2. The quantitative estimate of drug-likeness (QED) is 0.171. The van der Waals surface area contributed by atoms with Crippen LogP contribution in [-0.4, -0.2) is 32.8 Å². The van der Waals surface area contributed by atoms with Crippen molar-refractivity contribution in [2.45, 2.75) is 76.9 Å². The molecule has 7 nitrogen and oxygen atoms in total. The van der Waals surface area contributed by atoms with Crippen molar-refractivity contribution in [1.29, 1.82) is 0 Å². The minimum atomic E-state index is -4.46. The predicted octanol–water partition coefficient (Wildman–Crippen LogP) is 5.50. The zero-order valence-corrected chi connectivity index (χ0v) is 18.2. The van der Waals surface area contributed by atoms with Gasteiger partial charge in [0.15, 0.2) is 0 Å². The molecule has 0 bridgehead atoms. The SMILES string of the molecule is CCCCCCCCc1ccc(-c2noc([C@@H]3CCCN3/C(N)=N/O)n2)cc1C(F)(F)F. The fourth-order valence-electron chi connectivity index (χ4n) is 4.14. The molecule has 1 aliphatic rings. The average Bonchev–Trinajstić information content (AvgIpc) is 3.44. The summed E-state index contributed by atoms with van der Waals surface area (Å²) in [5.41, 5.74) is 5.56. The van der Waals surface area contributed by atoms with Crippen molar-refractivity contribution in [2.75, 3.05) is 6.54 Å². The average molecular weight is 454 g/mol. The van der Waals surface area contributed by atoms with Crippen molar-refractivity contribution in [3.05, 3.63) is 35.2 Å². The molecule has 10 heteroatoms. The monoisotopic (exact) mass is 453 g/mol. The number of unbranched alkanes of at least 4 members (excludes halogenated alkanes) is 5. The van der Waals surface area contributed by atoms with Gasteiger partial charge in [-0.25, -0.2) is 0 Å². The first-order chi connectivity index (χ1) is 15.3. The molecular weight excluding hydrogens is 423 g/mol. The van der Waals surface area contributed by atoms with Gasteiger partial charge in [-0.2, -0.15) is 18.2 Å². The molecule has 3 N–H and O–H groups in total. The van der Waals surface area contributed by atoms with Crippen molar-refractivity contribution in [3.63, 3.8) is 0 Å². The molecule has 32 heavy (non-hydrogen) atoms. The highest BCUT2D eigenvalue weighted by Gasteiger charge is 2.35. The van der Waals surface area contributed by atoms with Crippen LogP contribution in [0, 0.1) is 0 Å². The number of nitrogens with two attached hydrogens (primary N) is 1. The number of guanidine groups is 1. The highest BCUT2D eigenvalue weighted by Crippen LogP contribution is 2.36. The second-order valence-corrected chi connectivity index (χ2v) is 8.15. The lowest BCUT2D eigenvalue weighted by atomic mass is 9.97. The third kappa shape index (κ3) is 5.72. The molecule has 1 aromatic carbocycles. The lowest BCUT2D eigenvalue weighted by molar-refractivity contribution is -0.138. The van der Waals surface area contributed by atoms with Gasteiger partial charge in [0.1, 0.15) is 6.04 Å². The fraction of sp³-hybridized carbons (Fsp3) is 0.591. The molecule has 0 spiro atoms. The van der Waals surface area contributed by atoms with Crippen LogP contribution in [0.25, 0.3) is 11.4 Å². The summed E-state index contributed by atoms with van der Waals surface area (Å²) in [7, 11) is 0. The van der Waals surface area contributed by atoms with Crippen LogP contribution in [0.4, 0.5) is 13.2 Å². The lowest BCUT2D eigenvalue weighted by Gasteiger charge is -2.21. The zero-order chi connectivity index (χ0) is 23.1. The molecule has 0 saturated carbocycles. The summed E-state index contributed by atoms with van der Waals surface area (Å²) < 4.78 is 46.5. The van der Waals surface area contributed by atoms with Gasteiger partial charge < -0.3 is 20.4 Å². The van der Waals surface area contributed by atoms with Gasteiger partial charge in [-0.1, -0.05) is 61.5 Å². The van der Waals surface area contributed by atoms with Crippen molar-refractivity contribution >= 4 is 5.96 Å². The molecule has 2 aromatic rings. The van der Waals surface area contributed by atoms with E-state index in [1.807, 2.05) is 0 Å². The van der Waals surface area contributed by atoms with Crippen LogP contribution >= 0.6 is 0 Å². The van der Waals surface area contributed by atoms with E-state index < -0.39 is 11.7 Å². The van der Waals surface area contributed by atoms with Crippen LogP contribution in [-0.2, 0) is 12.6 Å². The van der Waals surface area contributed by atoms with Gasteiger partial charge in [0.2, 0.25) is 17.7 Å². The van der Waals surface area contributed by atoms with E-state index in [4.69, 9.17) is 15.5 Å². The standard InChI is InChI=1S/C22H30F3N5O2/c1-2-3-4-5-6-7-9-15-11-12-16(14-17(15)22(23,24)25)19-27-20(32-29-19)18-10-8-13-30(18)21(26)28-31/h11-12,14,18,31H,2-10,13H2,1H3,(H2,26,28)/t18-/m0/s1. The maximum absolute atomic E-state index is 13.7. The number of hydrogen-bond acceptors (Lipinski definition) is 5. The number of aromatic nitrogens is 2. The molecule has 1 atom stereocenters. The van der Waals surface area contributed by atoms with Crippen LogP contribution in [0.1, 0.15) is 81.3 Å². The Labute approximate surface area is 185 Å². The van der Waals surface area contributed by atoms with Crippen molar-refractivity contribution < 1.29 is 22.9 Å². The second kappa shape index (κ2) is 10.7. The Kier molecular flexibility index (Phi) is 7.98. The Balaban J connectivity index is 1.76. The molecule has 176 valence electrons. The van der Waals surface area contributed by atoms with E-state index in [1.165, 1.54) is 6.07 Å².